The van der Waals surface area contributed by atoms with E-state index < -0.39 is 0 Å². The molecule has 2 aromatic carbocycles. The summed E-state index contributed by atoms with van der Waals surface area (Å²) in [5, 5.41) is 13.1. The van der Waals surface area contributed by atoms with Crippen LogP contribution in [0.1, 0.15) is 18.1 Å². The molecule has 0 fully saturated rings. The van der Waals surface area contributed by atoms with Gasteiger partial charge in [0.05, 0.1) is 0 Å². The average molecular weight is 433 g/mol. The van der Waals surface area contributed by atoms with Crippen LogP contribution in [0.15, 0.2) is 59.8 Å². The van der Waals surface area contributed by atoms with Gasteiger partial charge in [-0.15, -0.1) is 10.2 Å². The molecule has 3 rings (SSSR count). The van der Waals surface area contributed by atoms with Crippen LogP contribution in [0.3, 0.4) is 0 Å². The van der Waals surface area contributed by atoms with E-state index in [4.69, 9.17) is 23.2 Å². The highest BCUT2D eigenvalue weighted by Crippen LogP contribution is 2.27. The molecule has 0 radical (unpaired) electrons. The molecule has 0 aliphatic carbocycles. The maximum atomic E-state index is 12.2. The predicted octanol–water partition coefficient (Wildman–Crippen LogP) is 5.55. The molecular formula is C20H18Cl2N4OS. The van der Waals surface area contributed by atoms with E-state index in [0.717, 1.165) is 21.3 Å². The quantitative estimate of drug-likeness (QED) is 0.392. The number of rotatable bonds is 7. The summed E-state index contributed by atoms with van der Waals surface area (Å²) in [5.74, 6) is 0.787. The maximum absolute atomic E-state index is 12.2. The molecule has 0 unspecified atom stereocenters. The Bertz CT molecular complexity index is 1000. The van der Waals surface area contributed by atoms with Crippen LogP contribution in [-0.4, -0.2) is 20.7 Å². The van der Waals surface area contributed by atoms with E-state index in [0.29, 0.717) is 23.3 Å². The molecule has 3 aromatic rings. The Morgan fingerprint density at radius 1 is 1.18 bits per heavy atom. The molecule has 1 amide bonds. The van der Waals surface area contributed by atoms with Gasteiger partial charge in [-0.05, 0) is 42.3 Å². The van der Waals surface area contributed by atoms with Gasteiger partial charge in [-0.25, -0.2) is 0 Å². The second-order valence-electron chi connectivity index (χ2n) is 5.81. The molecule has 1 heterocycles. The Balaban J connectivity index is 1.66. The lowest BCUT2D eigenvalue weighted by atomic mass is 10.2. The Kier molecular flexibility index (Phi) is 7.14. The highest BCUT2D eigenvalue weighted by Gasteiger charge is 2.13. The second kappa shape index (κ2) is 9.78. The van der Waals surface area contributed by atoms with Crippen molar-refractivity contribution in [2.75, 3.05) is 5.32 Å². The summed E-state index contributed by atoms with van der Waals surface area (Å²) >= 11 is 13.7. The monoisotopic (exact) mass is 432 g/mol. The lowest BCUT2D eigenvalue weighted by molar-refractivity contribution is -0.111. The third-order valence-corrected chi connectivity index (χ3v) is 5.48. The van der Waals surface area contributed by atoms with Crippen LogP contribution in [0, 0.1) is 0 Å². The summed E-state index contributed by atoms with van der Waals surface area (Å²) in [6.45, 7) is 2.60. The van der Waals surface area contributed by atoms with Gasteiger partial charge in [0.1, 0.15) is 0 Å². The Labute approximate surface area is 177 Å². The Morgan fingerprint density at radius 3 is 2.75 bits per heavy atom. The summed E-state index contributed by atoms with van der Waals surface area (Å²) in [5.41, 5.74) is 1.87. The summed E-state index contributed by atoms with van der Waals surface area (Å²) < 4.78 is 1.85. The highest BCUT2D eigenvalue weighted by atomic mass is 35.5. The number of benzene rings is 2. The van der Waals surface area contributed by atoms with Gasteiger partial charge >= 0.3 is 0 Å². The smallest absolute Gasteiger partial charge is 0.250 e. The number of carbonyl (C=O) groups excluding carboxylic acids is 1. The van der Waals surface area contributed by atoms with Crippen molar-refractivity contribution in [3.63, 3.8) is 0 Å². The Morgan fingerprint density at radius 2 is 2.00 bits per heavy atom. The highest BCUT2D eigenvalue weighted by molar-refractivity contribution is 7.98. The van der Waals surface area contributed by atoms with Gasteiger partial charge in [0, 0.05) is 28.4 Å². The number of halogens is 2. The lowest BCUT2D eigenvalue weighted by Crippen LogP contribution is -2.13. The first-order chi connectivity index (χ1) is 13.6. The fourth-order valence-corrected chi connectivity index (χ4v) is 3.95. The zero-order chi connectivity index (χ0) is 19.9. The molecule has 0 aliphatic rings. The zero-order valence-corrected chi connectivity index (χ0v) is 17.4. The summed E-state index contributed by atoms with van der Waals surface area (Å²) in [6, 6.07) is 14.9. The van der Waals surface area contributed by atoms with Crippen LogP contribution in [0.25, 0.3) is 6.08 Å². The molecule has 0 saturated carbocycles. The third-order valence-electron chi connectivity index (χ3n) is 3.86. The first-order valence-electron chi connectivity index (χ1n) is 8.61. The number of carbonyl (C=O) groups is 1. The van der Waals surface area contributed by atoms with Gasteiger partial charge in [-0.3, -0.25) is 14.7 Å². The molecule has 28 heavy (non-hydrogen) atoms. The normalized spacial score (nSPS) is 11.1. The van der Waals surface area contributed by atoms with Crippen LogP contribution in [0.5, 0.6) is 0 Å². The molecule has 0 saturated heterocycles. The minimum Gasteiger partial charge on any atom is -0.291 e. The van der Waals surface area contributed by atoms with Crippen molar-refractivity contribution >= 4 is 52.9 Å². The van der Waals surface area contributed by atoms with E-state index in [9.17, 15) is 4.79 Å². The summed E-state index contributed by atoms with van der Waals surface area (Å²) in [7, 11) is 0. The molecule has 144 valence electrons. The number of amides is 1. The third kappa shape index (κ3) is 5.38. The lowest BCUT2D eigenvalue weighted by Gasteiger charge is -2.08. The van der Waals surface area contributed by atoms with Crippen LogP contribution in [0.4, 0.5) is 5.95 Å². The minimum atomic E-state index is -0.287. The number of anilines is 1. The van der Waals surface area contributed by atoms with Crippen LogP contribution >= 0.6 is 35.0 Å². The molecule has 5 nitrogen and oxygen atoms in total. The van der Waals surface area contributed by atoms with Crippen LogP contribution in [0.2, 0.25) is 10.0 Å². The molecular weight excluding hydrogens is 415 g/mol. The first kappa shape index (κ1) is 20.5. The molecule has 1 aromatic heterocycles. The molecule has 0 atom stereocenters. The van der Waals surface area contributed by atoms with Gasteiger partial charge in [0.2, 0.25) is 5.95 Å². The number of thioether (sulfide) groups is 1. The van der Waals surface area contributed by atoms with Crippen molar-refractivity contribution in [1.29, 1.82) is 0 Å². The van der Waals surface area contributed by atoms with Crippen molar-refractivity contribution in [1.82, 2.24) is 14.8 Å². The van der Waals surface area contributed by atoms with Gasteiger partial charge in [0.25, 0.3) is 5.91 Å². The van der Waals surface area contributed by atoms with Gasteiger partial charge in [-0.1, -0.05) is 65.3 Å². The van der Waals surface area contributed by atoms with E-state index in [2.05, 4.69) is 15.5 Å². The standard InChI is InChI=1S/C20H18Cl2N4OS/c1-2-26-19(23-18(27)11-10-14-6-5-8-16(21)12-14)24-25-20(26)28-13-15-7-3-4-9-17(15)22/h3-12H,2,13H2,1H3,(H,23,24,27)/b11-10+. The zero-order valence-electron chi connectivity index (χ0n) is 15.1. The molecule has 1 N–H and O–H groups in total. The van der Waals surface area contributed by atoms with E-state index in [1.165, 1.54) is 17.8 Å². The van der Waals surface area contributed by atoms with Crippen LogP contribution < -0.4 is 5.32 Å². The summed E-state index contributed by atoms with van der Waals surface area (Å²) in [4.78, 5) is 12.2. The molecule has 0 spiro atoms. The van der Waals surface area contributed by atoms with Gasteiger partial charge in [-0.2, -0.15) is 0 Å². The number of aromatic nitrogens is 3. The average Bonchev–Trinajstić information content (AvgIpc) is 3.07. The van der Waals surface area contributed by atoms with Crippen molar-refractivity contribution in [3.8, 4) is 0 Å². The number of hydrogen-bond donors (Lipinski definition) is 1. The predicted molar refractivity (Wildman–Crippen MR) is 116 cm³/mol. The van der Waals surface area contributed by atoms with E-state index in [1.54, 1.807) is 18.2 Å². The van der Waals surface area contributed by atoms with E-state index in [1.807, 2.05) is 47.9 Å². The maximum Gasteiger partial charge on any atom is 0.250 e. The number of nitrogens with zero attached hydrogens (tertiary/aromatic N) is 3. The van der Waals surface area contributed by atoms with Crippen molar-refractivity contribution in [3.05, 3.63) is 75.8 Å². The second-order valence-corrected chi connectivity index (χ2v) is 7.59. The topological polar surface area (TPSA) is 59.8 Å². The van der Waals surface area contributed by atoms with E-state index in [-0.39, 0.29) is 5.91 Å². The van der Waals surface area contributed by atoms with Crippen LogP contribution in [-0.2, 0) is 17.1 Å². The molecule has 0 aliphatic heterocycles. The van der Waals surface area contributed by atoms with Crippen molar-refractivity contribution in [2.45, 2.75) is 24.4 Å². The van der Waals surface area contributed by atoms with E-state index >= 15 is 0 Å². The van der Waals surface area contributed by atoms with Crippen molar-refractivity contribution in [2.24, 2.45) is 0 Å². The minimum absolute atomic E-state index is 0.287. The van der Waals surface area contributed by atoms with Gasteiger partial charge < -0.3 is 0 Å². The SMILES string of the molecule is CCn1c(NC(=O)/C=C/c2cccc(Cl)c2)nnc1SCc1ccccc1Cl. The van der Waals surface area contributed by atoms with Crippen molar-refractivity contribution < 1.29 is 4.79 Å². The fourth-order valence-electron chi connectivity index (χ4n) is 2.46. The first-order valence-corrected chi connectivity index (χ1v) is 10.3. The van der Waals surface area contributed by atoms with Gasteiger partial charge in [0.15, 0.2) is 5.16 Å². The molecule has 8 heteroatoms. The number of hydrogen-bond acceptors (Lipinski definition) is 4. The molecule has 0 bridgehead atoms. The Hall–Kier alpha value is -2.28. The fraction of sp³-hybridized carbons (Fsp3) is 0.150. The summed E-state index contributed by atoms with van der Waals surface area (Å²) in [6.07, 6.45) is 3.14. The number of nitrogens with one attached hydrogen (secondary N) is 1. The largest absolute Gasteiger partial charge is 0.291 e.